The molecular formula is C19H23N3O2. The quantitative estimate of drug-likeness (QED) is 0.686. The normalized spacial score (nSPS) is 12.2. The molecule has 1 atom stereocenters. The van der Waals surface area contributed by atoms with Crippen molar-refractivity contribution in [3.8, 4) is 5.75 Å². The third-order valence-corrected chi connectivity index (χ3v) is 3.88. The van der Waals surface area contributed by atoms with Crippen LogP contribution in [0.3, 0.4) is 0 Å². The molecule has 0 bridgehead atoms. The Kier molecular flexibility index (Phi) is 5.33. The van der Waals surface area contributed by atoms with Gasteiger partial charge in [-0.25, -0.2) is 4.98 Å². The molecule has 3 rings (SSSR count). The maximum absolute atomic E-state index is 5.82. The molecule has 3 aromatic rings. The van der Waals surface area contributed by atoms with Crippen molar-refractivity contribution in [2.75, 3.05) is 6.61 Å². The summed E-state index contributed by atoms with van der Waals surface area (Å²) in [4.78, 5) is 4.02. The average Bonchev–Trinajstić information content (AvgIpc) is 3.25. The summed E-state index contributed by atoms with van der Waals surface area (Å²) in [5.41, 5.74) is 1.19. The molecule has 0 amide bonds. The fourth-order valence-electron chi connectivity index (χ4n) is 2.49. The van der Waals surface area contributed by atoms with E-state index in [1.165, 1.54) is 5.56 Å². The lowest BCUT2D eigenvalue weighted by atomic mass is 10.2. The summed E-state index contributed by atoms with van der Waals surface area (Å²) < 4.78 is 13.5. The van der Waals surface area contributed by atoms with Gasteiger partial charge >= 0.3 is 0 Å². The Bertz CT molecular complexity index is 750. The molecule has 0 saturated carbocycles. The smallest absolute Gasteiger partial charge is 0.120 e. The molecule has 126 valence electrons. The van der Waals surface area contributed by atoms with Gasteiger partial charge in [-0.05, 0) is 43.7 Å². The van der Waals surface area contributed by atoms with Crippen molar-refractivity contribution in [3.05, 3.63) is 72.2 Å². The number of nitrogens with zero attached hydrogens (tertiary/aromatic N) is 2. The zero-order valence-electron chi connectivity index (χ0n) is 14.1. The molecule has 5 nitrogen and oxygen atoms in total. The maximum atomic E-state index is 5.82. The highest BCUT2D eigenvalue weighted by atomic mass is 16.5. The van der Waals surface area contributed by atoms with E-state index in [4.69, 9.17) is 9.15 Å². The number of hydrogen-bond acceptors (Lipinski definition) is 4. The van der Waals surface area contributed by atoms with Crippen LogP contribution >= 0.6 is 0 Å². The summed E-state index contributed by atoms with van der Waals surface area (Å²) in [7, 11) is 0. The van der Waals surface area contributed by atoms with Gasteiger partial charge < -0.3 is 19.0 Å². The molecule has 5 heteroatoms. The zero-order chi connectivity index (χ0) is 16.8. The Labute approximate surface area is 142 Å². The second-order valence-corrected chi connectivity index (χ2v) is 5.85. The number of benzene rings is 1. The van der Waals surface area contributed by atoms with Crippen molar-refractivity contribution in [3.63, 3.8) is 0 Å². The first kappa shape index (κ1) is 16.3. The van der Waals surface area contributed by atoms with Crippen molar-refractivity contribution in [1.29, 1.82) is 0 Å². The minimum Gasteiger partial charge on any atom is -0.492 e. The van der Waals surface area contributed by atoms with Crippen LogP contribution in [0.4, 0.5) is 0 Å². The monoisotopic (exact) mass is 325 g/mol. The van der Waals surface area contributed by atoms with Crippen LogP contribution in [0.2, 0.25) is 0 Å². The highest BCUT2D eigenvalue weighted by Crippen LogP contribution is 2.18. The molecule has 0 aliphatic carbocycles. The van der Waals surface area contributed by atoms with Gasteiger partial charge in [0, 0.05) is 18.9 Å². The lowest BCUT2D eigenvalue weighted by molar-refractivity contribution is 0.298. The van der Waals surface area contributed by atoms with Gasteiger partial charge in [0.2, 0.25) is 0 Å². The summed E-state index contributed by atoms with van der Waals surface area (Å²) in [6.07, 6.45) is 5.50. The van der Waals surface area contributed by atoms with E-state index >= 15 is 0 Å². The van der Waals surface area contributed by atoms with Crippen molar-refractivity contribution in [2.24, 2.45) is 0 Å². The third-order valence-electron chi connectivity index (χ3n) is 3.88. The van der Waals surface area contributed by atoms with E-state index in [1.807, 2.05) is 42.0 Å². The van der Waals surface area contributed by atoms with Crippen LogP contribution in [-0.2, 0) is 13.1 Å². The summed E-state index contributed by atoms with van der Waals surface area (Å²) in [6, 6.07) is 12.3. The minimum absolute atomic E-state index is 0.171. The first-order valence-corrected chi connectivity index (χ1v) is 8.18. The van der Waals surface area contributed by atoms with Crippen molar-refractivity contribution < 1.29 is 9.15 Å². The van der Waals surface area contributed by atoms with E-state index in [9.17, 15) is 0 Å². The van der Waals surface area contributed by atoms with E-state index in [-0.39, 0.29) is 6.04 Å². The van der Waals surface area contributed by atoms with Gasteiger partial charge in [0.25, 0.3) is 0 Å². The molecule has 0 radical (unpaired) electrons. The number of ether oxygens (including phenoxy) is 1. The van der Waals surface area contributed by atoms with Crippen LogP contribution in [0, 0.1) is 6.92 Å². The van der Waals surface area contributed by atoms with Crippen LogP contribution in [0.15, 0.2) is 59.5 Å². The first-order chi connectivity index (χ1) is 11.7. The Morgan fingerprint density at radius 1 is 1.29 bits per heavy atom. The van der Waals surface area contributed by atoms with Gasteiger partial charge in [-0.15, -0.1) is 0 Å². The number of nitrogens with one attached hydrogen (secondary N) is 1. The molecule has 0 aliphatic rings. The topological polar surface area (TPSA) is 52.2 Å². The van der Waals surface area contributed by atoms with Crippen LogP contribution in [0.25, 0.3) is 0 Å². The fraction of sp³-hybridized carbons (Fsp3) is 0.316. The molecule has 1 aromatic carbocycles. The molecule has 24 heavy (non-hydrogen) atoms. The summed E-state index contributed by atoms with van der Waals surface area (Å²) in [6.45, 7) is 6.23. The van der Waals surface area contributed by atoms with Gasteiger partial charge in [-0.2, -0.15) is 0 Å². The van der Waals surface area contributed by atoms with E-state index in [0.29, 0.717) is 6.61 Å². The fourth-order valence-corrected chi connectivity index (χ4v) is 2.49. The Morgan fingerprint density at radius 2 is 2.21 bits per heavy atom. The van der Waals surface area contributed by atoms with Gasteiger partial charge in [-0.1, -0.05) is 12.1 Å². The Morgan fingerprint density at radius 3 is 2.96 bits per heavy atom. The summed E-state index contributed by atoms with van der Waals surface area (Å²) in [5, 5.41) is 3.47. The van der Waals surface area contributed by atoms with Crippen LogP contribution in [0.5, 0.6) is 5.75 Å². The predicted molar refractivity (Wildman–Crippen MR) is 92.9 cm³/mol. The number of aryl methyl sites for hydroxylation is 1. The SMILES string of the molecule is Cc1ccc([C@@H](C)NCc2cccc(OCCn3ccnc3)c2)o1. The lowest BCUT2D eigenvalue weighted by Gasteiger charge is -2.13. The largest absolute Gasteiger partial charge is 0.492 e. The zero-order valence-corrected chi connectivity index (χ0v) is 14.1. The van der Waals surface area contributed by atoms with E-state index in [1.54, 1.807) is 12.5 Å². The number of imidazole rings is 1. The molecule has 0 unspecified atom stereocenters. The van der Waals surface area contributed by atoms with Crippen molar-refractivity contribution in [1.82, 2.24) is 14.9 Å². The molecule has 0 aliphatic heterocycles. The second-order valence-electron chi connectivity index (χ2n) is 5.85. The molecule has 2 heterocycles. The molecule has 1 N–H and O–H groups in total. The lowest BCUT2D eigenvalue weighted by Crippen LogP contribution is -2.17. The molecular weight excluding hydrogens is 302 g/mol. The maximum Gasteiger partial charge on any atom is 0.120 e. The molecule has 0 spiro atoms. The van der Waals surface area contributed by atoms with Crippen molar-refractivity contribution in [2.45, 2.75) is 33.0 Å². The summed E-state index contributed by atoms with van der Waals surface area (Å²) in [5.74, 6) is 2.78. The molecule has 0 fully saturated rings. The van der Waals surface area contributed by atoms with E-state index < -0.39 is 0 Å². The number of furan rings is 1. The van der Waals surface area contributed by atoms with Crippen LogP contribution in [0.1, 0.15) is 30.0 Å². The van der Waals surface area contributed by atoms with Gasteiger partial charge in [0.1, 0.15) is 23.9 Å². The number of aromatic nitrogens is 2. The van der Waals surface area contributed by atoms with Gasteiger partial charge in [-0.3, -0.25) is 0 Å². The van der Waals surface area contributed by atoms with Crippen LogP contribution < -0.4 is 10.1 Å². The van der Waals surface area contributed by atoms with Gasteiger partial charge in [0.05, 0.1) is 18.9 Å². The third kappa shape index (κ3) is 4.49. The number of rotatable bonds is 8. The first-order valence-electron chi connectivity index (χ1n) is 8.18. The highest BCUT2D eigenvalue weighted by molar-refractivity contribution is 5.28. The van der Waals surface area contributed by atoms with Crippen molar-refractivity contribution >= 4 is 0 Å². The van der Waals surface area contributed by atoms with E-state index in [2.05, 4.69) is 29.4 Å². The average molecular weight is 325 g/mol. The summed E-state index contributed by atoms with van der Waals surface area (Å²) >= 11 is 0. The predicted octanol–water partition coefficient (Wildman–Crippen LogP) is 3.71. The minimum atomic E-state index is 0.171. The standard InChI is InChI=1S/C19H23N3O2/c1-15-6-7-19(24-15)16(2)21-13-17-4-3-5-18(12-17)23-11-10-22-9-8-20-14-22/h3-9,12,14,16,21H,10-11,13H2,1-2H3/t16-/m1/s1. The van der Waals surface area contributed by atoms with Crippen LogP contribution in [-0.4, -0.2) is 16.2 Å². The Balaban J connectivity index is 1.49. The second kappa shape index (κ2) is 7.84. The highest BCUT2D eigenvalue weighted by Gasteiger charge is 2.09. The van der Waals surface area contributed by atoms with E-state index in [0.717, 1.165) is 30.4 Å². The number of hydrogen-bond donors (Lipinski definition) is 1. The molecule has 0 saturated heterocycles. The molecule has 2 aromatic heterocycles. The van der Waals surface area contributed by atoms with Gasteiger partial charge in [0.15, 0.2) is 0 Å². The Hall–Kier alpha value is -2.53.